The quantitative estimate of drug-likeness (QED) is 0.921. The van der Waals surface area contributed by atoms with Crippen molar-refractivity contribution in [1.82, 2.24) is 15.4 Å². The molecule has 1 saturated carbocycles. The molecule has 0 atom stereocenters. The molecule has 1 N–H and O–H groups in total. The molecule has 0 radical (unpaired) electrons. The highest BCUT2D eigenvalue weighted by Crippen LogP contribution is 2.26. The number of thiophene rings is 1. The second kappa shape index (κ2) is 7.07. The standard InChI is InChI=1S/C18H23N3O2S/c22-18(15-12-16(23-20-15)17-6-3-11-24-17)21-9-7-14(8-10-21)19-13-4-1-2-5-13/h3,6,11-14,19H,1-2,4-5,7-10H2. The summed E-state index contributed by atoms with van der Waals surface area (Å²) >= 11 is 1.58. The van der Waals surface area contributed by atoms with Crippen LogP contribution in [0.3, 0.4) is 0 Å². The summed E-state index contributed by atoms with van der Waals surface area (Å²) in [6.07, 6.45) is 7.38. The van der Waals surface area contributed by atoms with Gasteiger partial charge in [0.1, 0.15) is 0 Å². The van der Waals surface area contributed by atoms with Crippen molar-refractivity contribution in [3.8, 4) is 10.6 Å². The second-order valence-electron chi connectivity index (χ2n) is 6.77. The average Bonchev–Trinajstić information content (AvgIpc) is 3.36. The molecule has 1 amide bonds. The largest absolute Gasteiger partial charge is 0.355 e. The molecule has 0 bridgehead atoms. The van der Waals surface area contributed by atoms with Crippen molar-refractivity contribution < 1.29 is 9.32 Å². The van der Waals surface area contributed by atoms with Gasteiger partial charge in [0.05, 0.1) is 4.88 Å². The molecular formula is C18H23N3O2S. The maximum atomic E-state index is 12.6. The first-order valence-electron chi connectivity index (χ1n) is 8.85. The van der Waals surface area contributed by atoms with Gasteiger partial charge in [-0.15, -0.1) is 11.3 Å². The van der Waals surface area contributed by atoms with Crippen LogP contribution in [-0.4, -0.2) is 41.1 Å². The lowest BCUT2D eigenvalue weighted by Crippen LogP contribution is -2.47. The summed E-state index contributed by atoms with van der Waals surface area (Å²) in [6, 6.07) is 6.94. The molecule has 1 saturated heterocycles. The van der Waals surface area contributed by atoms with E-state index in [4.69, 9.17) is 4.52 Å². The van der Waals surface area contributed by atoms with Gasteiger partial charge >= 0.3 is 0 Å². The fourth-order valence-electron chi connectivity index (χ4n) is 3.75. The van der Waals surface area contributed by atoms with Gasteiger partial charge in [-0.25, -0.2) is 0 Å². The molecule has 3 heterocycles. The van der Waals surface area contributed by atoms with Gasteiger partial charge in [0, 0.05) is 31.2 Å². The number of likely N-dealkylation sites (tertiary alicyclic amines) is 1. The van der Waals surface area contributed by atoms with Crippen LogP contribution in [0.25, 0.3) is 10.6 Å². The van der Waals surface area contributed by atoms with Crippen molar-refractivity contribution in [2.24, 2.45) is 0 Å². The molecule has 4 rings (SSSR count). The summed E-state index contributed by atoms with van der Waals surface area (Å²) in [6.45, 7) is 1.59. The molecule has 1 aliphatic heterocycles. The summed E-state index contributed by atoms with van der Waals surface area (Å²) in [4.78, 5) is 15.5. The smallest absolute Gasteiger partial charge is 0.276 e. The first-order chi connectivity index (χ1) is 11.8. The minimum Gasteiger partial charge on any atom is -0.355 e. The van der Waals surface area contributed by atoms with Gasteiger partial charge in [-0.2, -0.15) is 0 Å². The van der Waals surface area contributed by atoms with E-state index in [9.17, 15) is 4.79 Å². The van der Waals surface area contributed by atoms with E-state index in [1.165, 1.54) is 25.7 Å². The van der Waals surface area contributed by atoms with E-state index in [1.807, 2.05) is 22.4 Å². The zero-order chi connectivity index (χ0) is 16.4. The van der Waals surface area contributed by atoms with Crippen molar-refractivity contribution in [1.29, 1.82) is 0 Å². The number of hydrogen-bond donors (Lipinski definition) is 1. The molecule has 2 aromatic rings. The number of nitrogens with one attached hydrogen (secondary N) is 1. The Balaban J connectivity index is 1.33. The van der Waals surface area contributed by atoms with Gasteiger partial charge in [0.2, 0.25) is 0 Å². The lowest BCUT2D eigenvalue weighted by atomic mass is 10.0. The predicted molar refractivity (Wildman–Crippen MR) is 94.1 cm³/mol. The van der Waals surface area contributed by atoms with Crippen molar-refractivity contribution in [3.63, 3.8) is 0 Å². The number of hydrogen-bond acceptors (Lipinski definition) is 5. The Kier molecular flexibility index (Phi) is 4.67. The molecular weight excluding hydrogens is 322 g/mol. The zero-order valence-electron chi connectivity index (χ0n) is 13.7. The van der Waals surface area contributed by atoms with E-state index in [2.05, 4.69) is 10.5 Å². The third kappa shape index (κ3) is 3.39. The van der Waals surface area contributed by atoms with Gasteiger partial charge in [-0.3, -0.25) is 4.79 Å². The summed E-state index contributed by atoms with van der Waals surface area (Å²) < 4.78 is 5.33. The predicted octanol–water partition coefficient (Wildman–Crippen LogP) is 3.54. The Hall–Kier alpha value is -1.66. The third-order valence-corrected chi connectivity index (χ3v) is 5.99. The number of rotatable bonds is 4. The molecule has 6 heteroatoms. The fourth-order valence-corrected chi connectivity index (χ4v) is 4.42. The van der Waals surface area contributed by atoms with Gasteiger partial charge in [-0.1, -0.05) is 24.1 Å². The highest BCUT2D eigenvalue weighted by atomic mass is 32.1. The van der Waals surface area contributed by atoms with Crippen LogP contribution in [0.15, 0.2) is 28.1 Å². The van der Waals surface area contributed by atoms with Crippen LogP contribution in [0.5, 0.6) is 0 Å². The Bertz CT molecular complexity index is 668. The van der Waals surface area contributed by atoms with E-state index in [1.54, 1.807) is 17.4 Å². The molecule has 2 aliphatic rings. The van der Waals surface area contributed by atoms with Gasteiger partial charge in [0.15, 0.2) is 11.5 Å². The van der Waals surface area contributed by atoms with Gasteiger partial charge in [-0.05, 0) is 37.1 Å². The molecule has 1 aliphatic carbocycles. The molecule has 0 unspecified atom stereocenters. The van der Waals surface area contributed by atoms with Crippen LogP contribution in [-0.2, 0) is 0 Å². The monoisotopic (exact) mass is 345 g/mol. The SMILES string of the molecule is O=C(c1cc(-c2cccs2)on1)N1CCC(NC2CCCC2)CC1. The number of carbonyl (C=O) groups excluding carboxylic acids is 1. The Labute approximate surface area is 146 Å². The van der Waals surface area contributed by atoms with E-state index < -0.39 is 0 Å². The van der Waals surface area contributed by atoms with Crippen LogP contribution in [0.2, 0.25) is 0 Å². The number of carbonyl (C=O) groups is 1. The highest BCUT2D eigenvalue weighted by Gasteiger charge is 2.27. The van der Waals surface area contributed by atoms with Crippen LogP contribution < -0.4 is 5.32 Å². The van der Waals surface area contributed by atoms with Gasteiger partial charge < -0.3 is 14.7 Å². The Morgan fingerprint density at radius 1 is 1.21 bits per heavy atom. The molecule has 0 aromatic carbocycles. The highest BCUT2D eigenvalue weighted by molar-refractivity contribution is 7.13. The Morgan fingerprint density at radius 3 is 2.67 bits per heavy atom. The number of piperidine rings is 1. The molecule has 2 aromatic heterocycles. The zero-order valence-corrected chi connectivity index (χ0v) is 14.6. The van der Waals surface area contributed by atoms with E-state index in [0.29, 0.717) is 23.5 Å². The van der Waals surface area contributed by atoms with E-state index >= 15 is 0 Å². The van der Waals surface area contributed by atoms with Gasteiger partial charge in [0.25, 0.3) is 5.91 Å². The number of amides is 1. The molecule has 2 fully saturated rings. The van der Waals surface area contributed by atoms with Crippen LogP contribution in [0.4, 0.5) is 0 Å². The van der Waals surface area contributed by atoms with Crippen molar-refractivity contribution in [2.75, 3.05) is 13.1 Å². The van der Waals surface area contributed by atoms with E-state index in [-0.39, 0.29) is 5.91 Å². The summed E-state index contributed by atoms with van der Waals surface area (Å²) in [5.41, 5.74) is 0.417. The minimum absolute atomic E-state index is 0.0131. The summed E-state index contributed by atoms with van der Waals surface area (Å²) in [5, 5.41) is 9.73. The maximum absolute atomic E-state index is 12.6. The molecule has 5 nitrogen and oxygen atoms in total. The number of aromatic nitrogens is 1. The molecule has 24 heavy (non-hydrogen) atoms. The van der Waals surface area contributed by atoms with Crippen molar-refractivity contribution in [3.05, 3.63) is 29.3 Å². The van der Waals surface area contributed by atoms with Crippen LogP contribution in [0.1, 0.15) is 49.0 Å². The average molecular weight is 345 g/mol. The number of nitrogens with zero attached hydrogens (tertiary/aromatic N) is 2. The fraction of sp³-hybridized carbons (Fsp3) is 0.556. The Morgan fingerprint density at radius 2 is 1.96 bits per heavy atom. The van der Waals surface area contributed by atoms with Crippen LogP contribution in [0, 0.1) is 0 Å². The maximum Gasteiger partial charge on any atom is 0.276 e. The van der Waals surface area contributed by atoms with Crippen molar-refractivity contribution in [2.45, 2.75) is 50.6 Å². The van der Waals surface area contributed by atoms with E-state index in [0.717, 1.165) is 30.8 Å². The minimum atomic E-state index is -0.0131. The third-order valence-electron chi connectivity index (χ3n) is 5.10. The second-order valence-corrected chi connectivity index (χ2v) is 7.72. The molecule has 0 spiro atoms. The lowest BCUT2D eigenvalue weighted by Gasteiger charge is -2.33. The summed E-state index contributed by atoms with van der Waals surface area (Å²) in [5.74, 6) is 0.659. The summed E-state index contributed by atoms with van der Waals surface area (Å²) in [7, 11) is 0. The topological polar surface area (TPSA) is 58.4 Å². The van der Waals surface area contributed by atoms with Crippen molar-refractivity contribution >= 4 is 17.2 Å². The first-order valence-corrected chi connectivity index (χ1v) is 9.73. The lowest BCUT2D eigenvalue weighted by molar-refractivity contribution is 0.0691. The normalized spacial score (nSPS) is 19.9. The first kappa shape index (κ1) is 15.8. The van der Waals surface area contributed by atoms with Crippen LogP contribution >= 0.6 is 11.3 Å². The molecule has 128 valence electrons.